The molecule has 0 bridgehead atoms. The summed E-state index contributed by atoms with van der Waals surface area (Å²) < 4.78 is 5.92. The molecule has 0 saturated carbocycles. The molecule has 0 atom stereocenters. The van der Waals surface area contributed by atoms with Gasteiger partial charge in [-0.1, -0.05) is 42.0 Å². The normalized spacial score (nSPS) is 10.2. The van der Waals surface area contributed by atoms with Crippen molar-refractivity contribution < 1.29 is 9.53 Å². The van der Waals surface area contributed by atoms with Crippen LogP contribution in [0.3, 0.4) is 0 Å². The van der Waals surface area contributed by atoms with Crippen molar-refractivity contribution in [3.8, 4) is 5.75 Å². The molecule has 108 valence electrons. The SMILES string of the molecule is Cc1cc(C)c(OCc2ccccc2C(=O)C=N)c(C)c1. The third kappa shape index (κ3) is 3.37. The van der Waals surface area contributed by atoms with Crippen LogP contribution in [0.15, 0.2) is 36.4 Å². The van der Waals surface area contributed by atoms with Gasteiger partial charge < -0.3 is 10.1 Å². The third-order valence-corrected chi connectivity index (χ3v) is 3.39. The number of ether oxygens (including phenoxy) is 1. The first kappa shape index (κ1) is 15.0. The molecule has 0 unspecified atom stereocenters. The lowest BCUT2D eigenvalue weighted by atomic mass is 10.0. The van der Waals surface area contributed by atoms with Crippen LogP contribution in [0.4, 0.5) is 0 Å². The van der Waals surface area contributed by atoms with Gasteiger partial charge in [0, 0.05) is 11.1 Å². The van der Waals surface area contributed by atoms with Crippen LogP contribution in [-0.2, 0) is 6.61 Å². The van der Waals surface area contributed by atoms with Crippen molar-refractivity contribution in [3.05, 3.63) is 64.2 Å². The van der Waals surface area contributed by atoms with Gasteiger partial charge in [0.05, 0.1) is 6.21 Å². The van der Waals surface area contributed by atoms with Crippen LogP contribution in [0.25, 0.3) is 0 Å². The van der Waals surface area contributed by atoms with Crippen molar-refractivity contribution in [2.75, 3.05) is 0 Å². The van der Waals surface area contributed by atoms with Crippen LogP contribution < -0.4 is 4.74 Å². The van der Waals surface area contributed by atoms with E-state index in [4.69, 9.17) is 10.1 Å². The fourth-order valence-corrected chi connectivity index (χ4v) is 2.51. The number of rotatable bonds is 5. The number of aryl methyl sites for hydroxylation is 3. The fraction of sp³-hybridized carbons (Fsp3) is 0.222. The summed E-state index contributed by atoms with van der Waals surface area (Å²) in [4.78, 5) is 11.7. The average Bonchev–Trinajstić information content (AvgIpc) is 2.45. The van der Waals surface area contributed by atoms with Gasteiger partial charge in [-0.3, -0.25) is 4.79 Å². The Bertz CT molecular complexity index is 666. The minimum Gasteiger partial charge on any atom is -0.488 e. The molecular formula is C18H19NO2. The maximum Gasteiger partial charge on any atom is 0.203 e. The van der Waals surface area contributed by atoms with Crippen LogP contribution >= 0.6 is 0 Å². The van der Waals surface area contributed by atoms with E-state index < -0.39 is 0 Å². The minimum absolute atomic E-state index is 0.299. The molecule has 2 rings (SSSR count). The summed E-state index contributed by atoms with van der Waals surface area (Å²) in [6, 6.07) is 11.4. The summed E-state index contributed by atoms with van der Waals surface area (Å²) in [5, 5.41) is 7.12. The van der Waals surface area contributed by atoms with Crippen molar-refractivity contribution in [2.24, 2.45) is 0 Å². The van der Waals surface area contributed by atoms with Crippen LogP contribution in [0.5, 0.6) is 5.75 Å². The zero-order chi connectivity index (χ0) is 15.4. The number of hydrogen-bond donors (Lipinski definition) is 1. The van der Waals surface area contributed by atoms with Crippen molar-refractivity contribution in [1.82, 2.24) is 0 Å². The molecule has 0 spiro atoms. The second-order valence-corrected chi connectivity index (χ2v) is 5.18. The Labute approximate surface area is 125 Å². The Kier molecular flexibility index (Phi) is 4.53. The lowest BCUT2D eigenvalue weighted by Gasteiger charge is -2.14. The first-order valence-electron chi connectivity index (χ1n) is 6.86. The Morgan fingerprint density at radius 1 is 1.14 bits per heavy atom. The van der Waals surface area contributed by atoms with E-state index in [0.29, 0.717) is 12.2 Å². The van der Waals surface area contributed by atoms with Crippen molar-refractivity contribution >= 4 is 12.0 Å². The topological polar surface area (TPSA) is 50.2 Å². The summed E-state index contributed by atoms with van der Waals surface area (Å²) in [7, 11) is 0. The second-order valence-electron chi connectivity index (χ2n) is 5.18. The molecular weight excluding hydrogens is 262 g/mol. The zero-order valence-electron chi connectivity index (χ0n) is 12.6. The number of ketones is 1. The second kappa shape index (κ2) is 6.35. The van der Waals surface area contributed by atoms with Crippen molar-refractivity contribution in [1.29, 1.82) is 5.41 Å². The van der Waals surface area contributed by atoms with Gasteiger partial charge in [-0.25, -0.2) is 0 Å². The van der Waals surface area contributed by atoms with Crippen LogP contribution in [0, 0.1) is 26.2 Å². The molecule has 21 heavy (non-hydrogen) atoms. The quantitative estimate of drug-likeness (QED) is 0.664. The number of carbonyl (C=O) groups is 1. The molecule has 0 aliphatic rings. The number of carbonyl (C=O) groups excluding carboxylic acids is 1. The first-order chi connectivity index (χ1) is 10.0. The van der Waals surface area contributed by atoms with Gasteiger partial charge in [0.1, 0.15) is 12.4 Å². The number of benzene rings is 2. The Hall–Kier alpha value is -2.42. The van der Waals surface area contributed by atoms with Gasteiger partial charge in [0.2, 0.25) is 5.78 Å². The van der Waals surface area contributed by atoms with Gasteiger partial charge in [-0.05, 0) is 31.9 Å². The highest BCUT2D eigenvalue weighted by molar-refractivity contribution is 6.34. The standard InChI is InChI=1S/C18H19NO2/c1-12-8-13(2)18(14(3)9-12)21-11-15-6-4-5-7-16(15)17(20)10-19/h4-10,19H,11H2,1-3H3. The molecule has 2 aromatic rings. The fourth-order valence-electron chi connectivity index (χ4n) is 2.51. The monoisotopic (exact) mass is 281 g/mol. The van der Waals surface area contributed by atoms with Gasteiger partial charge in [0.25, 0.3) is 0 Å². The van der Waals surface area contributed by atoms with E-state index in [9.17, 15) is 4.79 Å². The summed E-state index contributed by atoms with van der Waals surface area (Å²) in [6.45, 7) is 6.41. The third-order valence-electron chi connectivity index (χ3n) is 3.39. The number of nitrogens with one attached hydrogen (secondary N) is 1. The maximum absolute atomic E-state index is 11.7. The molecule has 0 aliphatic carbocycles. The lowest BCUT2D eigenvalue weighted by Crippen LogP contribution is -2.07. The first-order valence-corrected chi connectivity index (χ1v) is 6.86. The van der Waals surface area contributed by atoms with Gasteiger partial charge >= 0.3 is 0 Å². The Morgan fingerprint density at radius 2 is 1.76 bits per heavy atom. The van der Waals surface area contributed by atoms with E-state index >= 15 is 0 Å². The molecule has 0 aromatic heterocycles. The van der Waals surface area contributed by atoms with Crippen LogP contribution in [-0.4, -0.2) is 12.0 Å². The Balaban J connectivity index is 2.25. The molecule has 2 aromatic carbocycles. The highest BCUT2D eigenvalue weighted by Gasteiger charge is 2.10. The lowest BCUT2D eigenvalue weighted by molar-refractivity contribution is 0.106. The molecule has 0 radical (unpaired) electrons. The van der Waals surface area contributed by atoms with Crippen LogP contribution in [0.1, 0.15) is 32.6 Å². The molecule has 0 aliphatic heterocycles. The van der Waals surface area contributed by atoms with E-state index in [0.717, 1.165) is 28.7 Å². The molecule has 0 saturated heterocycles. The maximum atomic E-state index is 11.7. The highest BCUT2D eigenvalue weighted by atomic mass is 16.5. The number of hydrogen-bond acceptors (Lipinski definition) is 3. The summed E-state index contributed by atoms with van der Waals surface area (Å²) in [5.41, 5.74) is 4.70. The Morgan fingerprint density at radius 3 is 2.38 bits per heavy atom. The molecule has 0 amide bonds. The largest absolute Gasteiger partial charge is 0.488 e. The smallest absolute Gasteiger partial charge is 0.203 e. The van der Waals surface area contributed by atoms with E-state index in [1.165, 1.54) is 5.56 Å². The predicted octanol–water partition coefficient (Wildman–Crippen LogP) is 4.02. The average molecular weight is 281 g/mol. The summed E-state index contributed by atoms with van der Waals surface area (Å²) in [6.07, 6.45) is 0.835. The van der Waals surface area contributed by atoms with E-state index in [1.807, 2.05) is 26.0 Å². The van der Waals surface area contributed by atoms with Crippen molar-refractivity contribution in [2.45, 2.75) is 27.4 Å². The summed E-state index contributed by atoms with van der Waals surface area (Å²) in [5.74, 6) is 0.559. The molecule has 0 fully saturated rings. The van der Waals surface area contributed by atoms with E-state index in [-0.39, 0.29) is 5.78 Å². The molecule has 3 heteroatoms. The van der Waals surface area contributed by atoms with Gasteiger partial charge in [0.15, 0.2) is 0 Å². The predicted molar refractivity (Wildman–Crippen MR) is 84.5 cm³/mol. The number of Topliss-reactive ketones (excluding diaryl/α,β-unsaturated/α-hetero) is 1. The molecule has 3 nitrogen and oxygen atoms in total. The van der Waals surface area contributed by atoms with Crippen molar-refractivity contribution in [3.63, 3.8) is 0 Å². The zero-order valence-corrected chi connectivity index (χ0v) is 12.6. The van der Waals surface area contributed by atoms with Crippen LogP contribution in [0.2, 0.25) is 0 Å². The van der Waals surface area contributed by atoms with E-state index in [1.54, 1.807) is 12.1 Å². The van der Waals surface area contributed by atoms with E-state index in [2.05, 4.69) is 19.1 Å². The molecule has 1 N–H and O–H groups in total. The van der Waals surface area contributed by atoms with Gasteiger partial charge in [-0.2, -0.15) is 0 Å². The minimum atomic E-state index is -0.299. The summed E-state index contributed by atoms with van der Waals surface area (Å²) >= 11 is 0. The molecule has 0 heterocycles. The van der Waals surface area contributed by atoms with Gasteiger partial charge in [-0.15, -0.1) is 0 Å². The highest BCUT2D eigenvalue weighted by Crippen LogP contribution is 2.25.